The number of carbonyl (C=O) groups excluding carboxylic acids is 1. The van der Waals surface area contributed by atoms with Crippen LogP contribution in [0.4, 0.5) is 5.69 Å². The first-order chi connectivity index (χ1) is 9.29. The predicted molar refractivity (Wildman–Crippen MR) is 75.8 cm³/mol. The molecule has 1 heterocycles. The van der Waals surface area contributed by atoms with Crippen molar-refractivity contribution in [1.29, 1.82) is 0 Å². The van der Waals surface area contributed by atoms with Gasteiger partial charge < -0.3 is 10.6 Å². The number of para-hydroxylation sites is 1. The van der Waals surface area contributed by atoms with E-state index >= 15 is 0 Å². The summed E-state index contributed by atoms with van der Waals surface area (Å²) in [5.41, 5.74) is 2.92. The van der Waals surface area contributed by atoms with Gasteiger partial charge in [0.25, 0.3) is 0 Å². The molecule has 0 fully saturated rings. The Morgan fingerprint density at radius 3 is 2.68 bits per heavy atom. The fraction of sp³-hybridized carbons (Fsp3) is 0.200. The Bertz CT molecular complexity index is 540. The first-order valence-electron chi connectivity index (χ1n) is 6.22. The number of nitrogens with zero attached hydrogens (tertiary/aromatic N) is 1. The number of amides is 1. The number of pyridine rings is 1. The number of likely N-dealkylation sites (N-methyl/N-ethyl adjacent to an activating group) is 1. The lowest BCUT2D eigenvalue weighted by Gasteiger charge is -2.11. The predicted octanol–water partition coefficient (Wildman–Crippen LogP) is 1.98. The quantitative estimate of drug-likeness (QED) is 0.859. The van der Waals surface area contributed by atoms with Gasteiger partial charge in [-0.2, -0.15) is 0 Å². The van der Waals surface area contributed by atoms with Crippen molar-refractivity contribution in [3.8, 4) is 0 Å². The first-order valence-corrected chi connectivity index (χ1v) is 6.22. The van der Waals surface area contributed by atoms with Crippen LogP contribution in [0.15, 0.2) is 48.7 Å². The van der Waals surface area contributed by atoms with Gasteiger partial charge in [-0.15, -0.1) is 0 Å². The Kier molecular flexibility index (Phi) is 4.50. The zero-order chi connectivity index (χ0) is 13.5. The molecule has 4 heteroatoms. The van der Waals surface area contributed by atoms with E-state index in [1.54, 1.807) is 13.2 Å². The highest BCUT2D eigenvalue weighted by molar-refractivity contribution is 5.80. The number of anilines is 1. The molecule has 0 unspecified atom stereocenters. The largest absolute Gasteiger partial charge is 0.379 e. The molecule has 0 bridgehead atoms. The van der Waals surface area contributed by atoms with Crippen molar-refractivity contribution in [2.45, 2.75) is 13.0 Å². The number of rotatable bonds is 5. The van der Waals surface area contributed by atoms with Gasteiger partial charge in [-0.1, -0.05) is 24.3 Å². The van der Waals surface area contributed by atoms with E-state index in [0.29, 0.717) is 13.0 Å². The van der Waals surface area contributed by atoms with Crippen LogP contribution in [0.5, 0.6) is 0 Å². The summed E-state index contributed by atoms with van der Waals surface area (Å²) < 4.78 is 0. The Morgan fingerprint density at radius 2 is 1.95 bits per heavy atom. The second kappa shape index (κ2) is 6.54. The second-order valence-corrected chi connectivity index (χ2v) is 4.18. The minimum Gasteiger partial charge on any atom is -0.379 e. The molecule has 0 atom stereocenters. The molecule has 2 rings (SSSR count). The lowest BCUT2D eigenvalue weighted by atomic mass is 10.1. The monoisotopic (exact) mass is 255 g/mol. The van der Waals surface area contributed by atoms with Gasteiger partial charge in [0.15, 0.2) is 0 Å². The second-order valence-electron chi connectivity index (χ2n) is 4.18. The summed E-state index contributed by atoms with van der Waals surface area (Å²) in [5.74, 6) is 0.00656. The molecule has 0 saturated heterocycles. The average Bonchev–Trinajstić information content (AvgIpc) is 2.47. The normalized spacial score (nSPS) is 9.95. The van der Waals surface area contributed by atoms with Gasteiger partial charge in [-0.25, -0.2) is 0 Å². The molecule has 0 aliphatic carbocycles. The van der Waals surface area contributed by atoms with E-state index in [2.05, 4.69) is 15.6 Å². The van der Waals surface area contributed by atoms with E-state index in [1.165, 1.54) is 0 Å². The number of nitrogens with one attached hydrogen (secondary N) is 2. The number of hydrogen-bond donors (Lipinski definition) is 2. The van der Waals surface area contributed by atoms with Gasteiger partial charge in [0, 0.05) is 18.9 Å². The SMILES string of the molecule is CNC(=O)Cc1ccccc1NCc1ccccn1. The number of benzene rings is 1. The van der Waals surface area contributed by atoms with E-state index in [1.807, 2.05) is 42.5 Å². The van der Waals surface area contributed by atoms with Gasteiger partial charge in [-0.3, -0.25) is 9.78 Å². The van der Waals surface area contributed by atoms with E-state index < -0.39 is 0 Å². The number of aromatic nitrogens is 1. The van der Waals surface area contributed by atoms with Gasteiger partial charge in [0.1, 0.15) is 0 Å². The minimum atomic E-state index is 0.00656. The Balaban J connectivity index is 2.05. The van der Waals surface area contributed by atoms with Crippen molar-refractivity contribution in [2.24, 2.45) is 0 Å². The lowest BCUT2D eigenvalue weighted by Crippen LogP contribution is -2.20. The van der Waals surface area contributed by atoms with Crippen LogP contribution in [-0.2, 0) is 17.8 Å². The van der Waals surface area contributed by atoms with Crippen molar-refractivity contribution in [3.63, 3.8) is 0 Å². The average molecular weight is 255 g/mol. The standard InChI is InChI=1S/C15H17N3O/c1-16-15(19)10-12-6-2-3-8-14(12)18-11-13-7-4-5-9-17-13/h2-9,18H,10-11H2,1H3,(H,16,19). The van der Waals surface area contributed by atoms with Crippen LogP contribution < -0.4 is 10.6 Å². The van der Waals surface area contributed by atoms with E-state index in [9.17, 15) is 4.79 Å². The highest BCUT2D eigenvalue weighted by Gasteiger charge is 2.06. The Morgan fingerprint density at radius 1 is 1.16 bits per heavy atom. The van der Waals surface area contributed by atoms with E-state index in [4.69, 9.17) is 0 Å². The summed E-state index contributed by atoms with van der Waals surface area (Å²) in [7, 11) is 1.65. The summed E-state index contributed by atoms with van der Waals surface area (Å²) >= 11 is 0. The highest BCUT2D eigenvalue weighted by atomic mass is 16.1. The smallest absolute Gasteiger partial charge is 0.224 e. The van der Waals surface area contributed by atoms with Crippen LogP contribution in [0.2, 0.25) is 0 Å². The number of hydrogen-bond acceptors (Lipinski definition) is 3. The topological polar surface area (TPSA) is 54.0 Å². The zero-order valence-electron chi connectivity index (χ0n) is 10.9. The highest BCUT2D eigenvalue weighted by Crippen LogP contribution is 2.16. The first kappa shape index (κ1) is 13.1. The van der Waals surface area contributed by atoms with E-state index in [-0.39, 0.29) is 5.91 Å². The van der Waals surface area contributed by atoms with Crippen LogP contribution in [0.1, 0.15) is 11.3 Å². The molecule has 0 aliphatic heterocycles. The molecule has 2 N–H and O–H groups in total. The molecule has 4 nitrogen and oxygen atoms in total. The summed E-state index contributed by atoms with van der Waals surface area (Å²) in [6.07, 6.45) is 2.15. The fourth-order valence-electron chi connectivity index (χ4n) is 1.80. The molecule has 0 aliphatic rings. The molecule has 1 aromatic heterocycles. The molecule has 1 aromatic carbocycles. The molecule has 98 valence electrons. The van der Waals surface area contributed by atoms with Crippen molar-refractivity contribution in [2.75, 3.05) is 12.4 Å². The van der Waals surface area contributed by atoms with Gasteiger partial charge in [0.2, 0.25) is 5.91 Å². The summed E-state index contributed by atoms with van der Waals surface area (Å²) in [5, 5.41) is 5.95. The van der Waals surface area contributed by atoms with Gasteiger partial charge >= 0.3 is 0 Å². The maximum Gasteiger partial charge on any atom is 0.224 e. The van der Waals surface area contributed by atoms with Crippen LogP contribution in [0.25, 0.3) is 0 Å². The van der Waals surface area contributed by atoms with Crippen molar-refractivity contribution in [1.82, 2.24) is 10.3 Å². The summed E-state index contributed by atoms with van der Waals surface area (Å²) in [6, 6.07) is 13.6. The molecule has 0 radical (unpaired) electrons. The lowest BCUT2D eigenvalue weighted by molar-refractivity contribution is -0.119. The van der Waals surface area contributed by atoms with Crippen LogP contribution in [-0.4, -0.2) is 17.9 Å². The third-order valence-corrected chi connectivity index (χ3v) is 2.83. The van der Waals surface area contributed by atoms with Crippen LogP contribution in [0, 0.1) is 0 Å². The number of carbonyl (C=O) groups is 1. The van der Waals surface area contributed by atoms with Gasteiger partial charge in [0.05, 0.1) is 18.7 Å². The van der Waals surface area contributed by atoms with Crippen molar-refractivity contribution in [3.05, 3.63) is 59.9 Å². The third kappa shape index (κ3) is 3.81. The fourth-order valence-corrected chi connectivity index (χ4v) is 1.80. The van der Waals surface area contributed by atoms with E-state index in [0.717, 1.165) is 16.9 Å². The molecule has 0 saturated carbocycles. The molecule has 2 aromatic rings. The van der Waals surface area contributed by atoms with Crippen LogP contribution in [0.3, 0.4) is 0 Å². The van der Waals surface area contributed by atoms with Gasteiger partial charge in [-0.05, 0) is 23.8 Å². The van der Waals surface area contributed by atoms with Crippen molar-refractivity contribution < 1.29 is 4.79 Å². The minimum absolute atomic E-state index is 0.00656. The molecule has 0 spiro atoms. The summed E-state index contributed by atoms with van der Waals surface area (Å²) in [4.78, 5) is 15.7. The molecular formula is C15H17N3O. The van der Waals surface area contributed by atoms with Crippen molar-refractivity contribution >= 4 is 11.6 Å². The maximum atomic E-state index is 11.5. The molecule has 1 amide bonds. The molecular weight excluding hydrogens is 238 g/mol. The molecule has 19 heavy (non-hydrogen) atoms. The maximum absolute atomic E-state index is 11.5. The zero-order valence-corrected chi connectivity index (χ0v) is 10.9. The Labute approximate surface area is 112 Å². The Hall–Kier alpha value is -2.36. The third-order valence-electron chi connectivity index (χ3n) is 2.83. The summed E-state index contributed by atoms with van der Waals surface area (Å²) in [6.45, 7) is 0.644. The van der Waals surface area contributed by atoms with Crippen LogP contribution >= 0.6 is 0 Å².